The number of aliphatic hydroxyl groups is 1. The van der Waals surface area contributed by atoms with Gasteiger partial charge in [0.1, 0.15) is 11.7 Å². The number of ketones is 2. The lowest BCUT2D eigenvalue weighted by Crippen LogP contribution is -3.18. The van der Waals surface area contributed by atoms with Gasteiger partial charge in [-0.3, -0.25) is 9.59 Å². The minimum absolute atomic E-state index is 0. The average Bonchev–Trinajstić information content (AvgIpc) is 2.88. The number of nitrogens with one attached hydrogen (secondary N) is 1. The fraction of sp³-hybridized carbons (Fsp3) is 0.939. The van der Waals surface area contributed by atoms with Crippen LogP contribution in [0.5, 0.6) is 0 Å². The maximum Gasteiger partial charge on any atom is 0.268 e. The van der Waals surface area contributed by atoms with Crippen molar-refractivity contribution in [2.75, 3.05) is 14.1 Å². The Bertz CT molecular complexity index is 554. The topological polar surface area (TPSA) is 58.8 Å². The van der Waals surface area contributed by atoms with E-state index in [1.165, 1.54) is 109 Å². The molecule has 0 aliphatic heterocycles. The predicted octanol–water partition coefficient (Wildman–Crippen LogP) is 5.00. The second-order valence-corrected chi connectivity index (χ2v) is 11.9. The second-order valence-electron chi connectivity index (χ2n) is 11.9. The molecule has 0 bridgehead atoms. The molecule has 2 unspecified atom stereocenters. The minimum Gasteiger partial charge on any atom is -1.00 e. The van der Waals surface area contributed by atoms with Crippen molar-refractivity contribution in [3.05, 3.63) is 0 Å². The minimum atomic E-state index is -1.60. The van der Waals surface area contributed by atoms with E-state index in [4.69, 9.17) is 0 Å². The Labute approximate surface area is 248 Å². The Morgan fingerprint density at radius 3 is 1.18 bits per heavy atom. The first-order valence-electron chi connectivity index (χ1n) is 16.4. The lowest BCUT2D eigenvalue weighted by atomic mass is 9.84. The molecule has 0 aromatic carbocycles. The number of hydrogen-bond donors (Lipinski definition) is 2. The van der Waals surface area contributed by atoms with Crippen LogP contribution in [-0.2, 0) is 9.59 Å². The van der Waals surface area contributed by atoms with Crippen LogP contribution in [0.4, 0.5) is 0 Å². The lowest BCUT2D eigenvalue weighted by molar-refractivity contribution is -0.933. The standard InChI is InChI=1S/C33H65NO3.BrH/c1-6-8-10-12-14-16-18-20-22-24-26-28-31(35)30(3)33(37,34(4)5)32(36)29-27-25-23-21-19-17-15-13-11-9-7-2;/h30,37H,6-29H2,1-5H3;1H. The van der Waals surface area contributed by atoms with Gasteiger partial charge in [-0.25, -0.2) is 0 Å². The highest BCUT2D eigenvalue weighted by molar-refractivity contribution is 5.92. The fourth-order valence-corrected chi connectivity index (χ4v) is 5.51. The zero-order valence-electron chi connectivity index (χ0n) is 26.2. The summed E-state index contributed by atoms with van der Waals surface area (Å²) in [5.74, 6) is -0.782. The van der Waals surface area contributed by atoms with Crippen molar-refractivity contribution >= 4 is 11.6 Å². The van der Waals surface area contributed by atoms with E-state index in [1.54, 1.807) is 21.0 Å². The van der Waals surface area contributed by atoms with Gasteiger partial charge >= 0.3 is 0 Å². The number of carbonyl (C=O) groups is 2. The summed E-state index contributed by atoms with van der Waals surface area (Å²) in [6, 6.07) is 0. The molecule has 4 nitrogen and oxygen atoms in total. The van der Waals surface area contributed by atoms with Crippen LogP contribution in [-0.4, -0.2) is 36.5 Å². The van der Waals surface area contributed by atoms with E-state index in [2.05, 4.69) is 13.8 Å². The molecule has 0 aliphatic carbocycles. The van der Waals surface area contributed by atoms with Gasteiger partial charge in [-0.1, -0.05) is 142 Å². The molecule has 0 amide bonds. The molecule has 0 aliphatic rings. The van der Waals surface area contributed by atoms with Crippen molar-refractivity contribution in [1.29, 1.82) is 0 Å². The number of halogens is 1. The average molecular weight is 605 g/mol. The molecule has 228 valence electrons. The second kappa shape index (κ2) is 26.9. The predicted molar refractivity (Wildman–Crippen MR) is 159 cm³/mol. The third kappa shape index (κ3) is 18.9. The Kier molecular flexibility index (Phi) is 28.3. The van der Waals surface area contributed by atoms with Crippen molar-refractivity contribution < 1.29 is 36.6 Å². The first-order chi connectivity index (χ1) is 17.8. The zero-order chi connectivity index (χ0) is 27.8. The van der Waals surface area contributed by atoms with Crippen LogP contribution in [0.15, 0.2) is 0 Å². The van der Waals surface area contributed by atoms with Crippen LogP contribution in [0.3, 0.4) is 0 Å². The molecule has 0 rings (SSSR count). The quantitative estimate of drug-likeness (QED) is 0.0977. The number of rotatable bonds is 28. The summed E-state index contributed by atoms with van der Waals surface area (Å²) < 4.78 is 0. The van der Waals surface area contributed by atoms with Gasteiger partial charge in [0.2, 0.25) is 5.78 Å². The molecule has 2 N–H and O–H groups in total. The van der Waals surface area contributed by atoms with Gasteiger partial charge in [0.25, 0.3) is 5.72 Å². The monoisotopic (exact) mass is 603 g/mol. The Morgan fingerprint density at radius 2 is 0.868 bits per heavy atom. The van der Waals surface area contributed by atoms with E-state index >= 15 is 0 Å². The zero-order valence-corrected chi connectivity index (χ0v) is 27.8. The van der Waals surface area contributed by atoms with Crippen LogP contribution < -0.4 is 21.9 Å². The molecule has 0 aromatic heterocycles. The summed E-state index contributed by atoms with van der Waals surface area (Å²) in [6.45, 7) is 6.27. The van der Waals surface area contributed by atoms with Gasteiger partial charge in [-0.05, 0) is 19.8 Å². The smallest absolute Gasteiger partial charge is 0.268 e. The molecule has 0 aromatic rings. The number of quaternary nitrogens is 1. The molecule has 5 heteroatoms. The van der Waals surface area contributed by atoms with Gasteiger partial charge < -0.3 is 27.0 Å². The van der Waals surface area contributed by atoms with E-state index < -0.39 is 11.6 Å². The number of likely N-dealkylation sites (N-methyl/N-ethyl adjacent to an activating group) is 1. The molecule has 0 radical (unpaired) electrons. The Balaban J connectivity index is 0. The number of unbranched alkanes of at least 4 members (excludes halogenated alkanes) is 20. The van der Waals surface area contributed by atoms with E-state index in [1.807, 2.05) is 0 Å². The van der Waals surface area contributed by atoms with Gasteiger partial charge in [0.15, 0.2) is 0 Å². The first-order valence-corrected chi connectivity index (χ1v) is 16.4. The normalized spacial score (nSPS) is 13.8. The molecule has 0 heterocycles. The summed E-state index contributed by atoms with van der Waals surface area (Å²) in [7, 11) is 3.59. The molecular weight excluding hydrogens is 538 g/mol. The third-order valence-corrected chi connectivity index (χ3v) is 8.33. The van der Waals surface area contributed by atoms with Crippen LogP contribution >= 0.6 is 0 Å². The maximum atomic E-state index is 13.0. The van der Waals surface area contributed by atoms with Crippen molar-refractivity contribution in [2.24, 2.45) is 5.92 Å². The largest absolute Gasteiger partial charge is 1.00 e. The van der Waals surface area contributed by atoms with Crippen molar-refractivity contribution in [3.8, 4) is 0 Å². The summed E-state index contributed by atoms with van der Waals surface area (Å²) in [4.78, 5) is 26.6. The molecule has 0 saturated carbocycles. The highest BCUT2D eigenvalue weighted by atomic mass is 79.9. The van der Waals surface area contributed by atoms with E-state index in [-0.39, 0.29) is 28.5 Å². The maximum absolute atomic E-state index is 13.0. The van der Waals surface area contributed by atoms with Gasteiger partial charge in [-0.2, -0.15) is 0 Å². The van der Waals surface area contributed by atoms with Crippen LogP contribution in [0.2, 0.25) is 0 Å². The molecular formula is C33H66BrNO3. The van der Waals surface area contributed by atoms with E-state index in [9.17, 15) is 14.7 Å². The number of hydrogen-bond acceptors (Lipinski definition) is 3. The van der Waals surface area contributed by atoms with Crippen LogP contribution in [0, 0.1) is 5.92 Å². The summed E-state index contributed by atoms with van der Waals surface area (Å²) in [6.07, 6.45) is 28.2. The van der Waals surface area contributed by atoms with Gasteiger partial charge in [0.05, 0.1) is 14.1 Å². The van der Waals surface area contributed by atoms with E-state index in [0.29, 0.717) is 17.7 Å². The third-order valence-electron chi connectivity index (χ3n) is 8.33. The van der Waals surface area contributed by atoms with Crippen molar-refractivity contribution in [1.82, 2.24) is 0 Å². The van der Waals surface area contributed by atoms with E-state index in [0.717, 1.165) is 32.1 Å². The van der Waals surface area contributed by atoms with Gasteiger partial charge in [0, 0.05) is 12.8 Å². The lowest BCUT2D eigenvalue weighted by Gasteiger charge is -2.34. The Morgan fingerprint density at radius 1 is 0.579 bits per heavy atom. The summed E-state index contributed by atoms with van der Waals surface area (Å²) in [5.41, 5.74) is -1.60. The number of Topliss-reactive ketones (excluding diaryl/α,β-unsaturated/α-hetero) is 2. The highest BCUT2D eigenvalue weighted by Crippen LogP contribution is 2.21. The van der Waals surface area contributed by atoms with Crippen molar-refractivity contribution in [3.63, 3.8) is 0 Å². The van der Waals surface area contributed by atoms with Crippen molar-refractivity contribution in [2.45, 2.75) is 181 Å². The molecule has 0 fully saturated rings. The highest BCUT2D eigenvalue weighted by Gasteiger charge is 2.49. The molecule has 0 spiro atoms. The van der Waals surface area contributed by atoms with Crippen LogP contribution in [0.1, 0.15) is 175 Å². The number of carbonyl (C=O) groups excluding carboxylic acids is 2. The fourth-order valence-electron chi connectivity index (χ4n) is 5.51. The summed E-state index contributed by atoms with van der Waals surface area (Å²) in [5, 5.41) is 11.3. The molecule has 38 heavy (non-hydrogen) atoms. The molecule has 2 atom stereocenters. The van der Waals surface area contributed by atoms with Gasteiger partial charge in [-0.15, -0.1) is 0 Å². The summed E-state index contributed by atoms with van der Waals surface area (Å²) >= 11 is 0. The molecule has 0 saturated heterocycles. The Hall–Kier alpha value is -0.260. The van der Waals surface area contributed by atoms with Crippen LogP contribution in [0.25, 0.3) is 0 Å². The SMILES string of the molecule is CCCCCCCCCCCCCC(=O)C(C)C(O)(C(=O)CCCCCCCCCCCCC)[NH+](C)C.[Br-]. The first kappa shape index (κ1) is 39.9.